The van der Waals surface area contributed by atoms with Crippen LogP contribution in [0.2, 0.25) is 0 Å². The van der Waals surface area contributed by atoms with Gasteiger partial charge in [0.1, 0.15) is 0 Å². The van der Waals surface area contributed by atoms with E-state index in [0.29, 0.717) is 18.7 Å². The molecule has 1 amide bonds. The zero-order valence-electron chi connectivity index (χ0n) is 11.7. The third kappa shape index (κ3) is 4.13. The number of hydrogen-bond donors (Lipinski definition) is 1. The van der Waals surface area contributed by atoms with E-state index in [1.165, 1.54) is 18.2 Å². The highest BCUT2D eigenvalue weighted by Gasteiger charge is 2.10. The Balaban J connectivity index is 1.81. The lowest BCUT2D eigenvalue weighted by molar-refractivity contribution is -0.384. The molecule has 2 aromatic rings. The Hall–Kier alpha value is -2.70. The lowest BCUT2D eigenvalue weighted by atomic mass is 10.2. The molecule has 0 aliphatic heterocycles. The van der Waals surface area contributed by atoms with Gasteiger partial charge in [-0.2, -0.15) is 5.10 Å². The van der Waals surface area contributed by atoms with E-state index in [-0.39, 0.29) is 11.6 Å². The molecule has 0 bridgehead atoms. The third-order valence-corrected chi connectivity index (χ3v) is 2.94. The van der Waals surface area contributed by atoms with Crippen molar-refractivity contribution in [3.8, 4) is 0 Å². The number of nitrogens with one attached hydrogen (secondary N) is 1. The standard InChI is InChI=1S/C14H16N4O3/c1-11-6-9-17(16-11)8-3-7-15-14(19)12-4-2-5-13(10-12)18(20)21/h2,4-6,9-10H,3,7-8H2,1H3,(H,15,19). The van der Waals surface area contributed by atoms with Crippen LogP contribution in [0.25, 0.3) is 0 Å². The van der Waals surface area contributed by atoms with Gasteiger partial charge in [-0.1, -0.05) is 6.07 Å². The molecule has 110 valence electrons. The van der Waals surface area contributed by atoms with Crippen LogP contribution in [-0.2, 0) is 6.54 Å². The summed E-state index contributed by atoms with van der Waals surface area (Å²) in [5, 5.41) is 17.6. The molecule has 0 aliphatic carbocycles. The molecular formula is C14H16N4O3. The number of hydrogen-bond acceptors (Lipinski definition) is 4. The Bertz CT molecular complexity index is 651. The number of nitrogens with zero attached hydrogens (tertiary/aromatic N) is 3. The molecule has 0 spiro atoms. The predicted octanol–water partition coefficient (Wildman–Crippen LogP) is 1.92. The zero-order valence-corrected chi connectivity index (χ0v) is 11.7. The van der Waals surface area contributed by atoms with Crippen molar-refractivity contribution >= 4 is 11.6 Å². The fourth-order valence-corrected chi connectivity index (χ4v) is 1.89. The molecule has 1 aromatic heterocycles. The van der Waals surface area contributed by atoms with Crippen molar-refractivity contribution in [2.75, 3.05) is 6.54 Å². The SMILES string of the molecule is Cc1ccn(CCCNC(=O)c2cccc([N+](=O)[O-])c2)n1. The van der Waals surface area contributed by atoms with Gasteiger partial charge in [-0.3, -0.25) is 19.6 Å². The number of aromatic nitrogens is 2. The van der Waals surface area contributed by atoms with Gasteiger partial charge < -0.3 is 5.32 Å². The largest absolute Gasteiger partial charge is 0.352 e. The minimum atomic E-state index is -0.517. The van der Waals surface area contributed by atoms with Crippen molar-refractivity contribution in [3.05, 3.63) is 57.9 Å². The Labute approximate surface area is 121 Å². The first kappa shape index (κ1) is 14.7. The number of nitro groups is 1. The van der Waals surface area contributed by atoms with Gasteiger partial charge in [0.15, 0.2) is 0 Å². The smallest absolute Gasteiger partial charge is 0.270 e. The van der Waals surface area contributed by atoms with Gasteiger partial charge >= 0.3 is 0 Å². The van der Waals surface area contributed by atoms with Crippen molar-refractivity contribution < 1.29 is 9.72 Å². The topological polar surface area (TPSA) is 90.1 Å². The Morgan fingerprint density at radius 3 is 2.90 bits per heavy atom. The van der Waals surface area contributed by atoms with Gasteiger partial charge in [-0.05, 0) is 25.5 Å². The molecule has 1 N–H and O–H groups in total. The maximum absolute atomic E-state index is 11.9. The summed E-state index contributed by atoms with van der Waals surface area (Å²) in [7, 11) is 0. The van der Waals surface area contributed by atoms with Crippen molar-refractivity contribution in [3.63, 3.8) is 0 Å². The number of carbonyl (C=O) groups excluding carboxylic acids is 1. The second-order valence-corrected chi connectivity index (χ2v) is 4.64. The van der Waals surface area contributed by atoms with E-state index in [4.69, 9.17) is 0 Å². The van der Waals surface area contributed by atoms with E-state index in [1.807, 2.05) is 23.9 Å². The number of nitro benzene ring substituents is 1. The summed E-state index contributed by atoms with van der Waals surface area (Å²) in [5.41, 5.74) is 1.16. The van der Waals surface area contributed by atoms with Crippen LogP contribution in [0.5, 0.6) is 0 Å². The molecule has 2 rings (SSSR count). The van der Waals surface area contributed by atoms with E-state index in [9.17, 15) is 14.9 Å². The van der Waals surface area contributed by atoms with E-state index >= 15 is 0 Å². The normalized spacial score (nSPS) is 10.3. The summed E-state index contributed by atoms with van der Waals surface area (Å²) in [6.07, 6.45) is 2.62. The number of rotatable bonds is 6. The van der Waals surface area contributed by atoms with Gasteiger partial charge in [0.25, 0.3) is 11.6 Å². The number of non-ortho nitro benzene ring substituents is 1. The van der Waals surface area contributed by atoms with Crippen LogP contribution in [-0.4, -0.2) is 27.2 Å². The lowest BCUT2D eigenvalue weighted by Gasteiger charge is -2.05. The van der Waals surface area contributed by atoms with Crippen molar-refractivity contribution in [2.45, 2.75) is 19.9 Å². The van der Waals surface area contributed by atoms with Crippen LogP contribution < -0.4 is 5.32 Å². The van der Waals surface area contributed by atoms with Crippen LogP contribution in [0.1, 0.15) is 22.5 Å². The lowest BCUT2D eigenvalue weighted by Crippen LogP contribution is -2.25. The molecule has 21 heavy (non-hydrogen) atoms. The first-order valence-corrected chi connectivity index (χ1v) is 6.59. The monoisotopic (exact) mass is 288 g/mol. The van der Waals surface area contributed by atoms with Crippen molar-refractivity contribution in [2.24, 2.45) is 0 Å². The molecule has 0 radical (unpaired) electrons. The van der Waals surface area contributed by atoms with Gasteiger partial charge in [0.05, 0.1) is 10.6 Å². The number of aryl methyl sites for hydroxylation is 2. The molecule has 7 heteroatoms. The summed E-state index contributed by atoms with van der Waals surface area (Å²) < 4.78 is 1.81. The highest BCUT2D eigenvalue weighted by Crippen LogP contribution is 2.12. The van der Waals surface area contributed by atoms with Crippen molar-refractivity contribution in [1.29, 1.82) is 0 Å². The Kier molecular flexibility index (Phi) is 4.65. The van der Waals surface area contributed by atoms with E-state index in [1.54, 1.807) is 6.07 Å². The van der Waals surface area contributed by atoms with E-state index in [0.717, 1.165) is 12.1 Å². The maximum Gasteiger partial charge on any atom is 0.270 e. The van der Waals surface area contributed by atoms with Crippen molar-refractivity contribution in [1.82, 2.24) is 15.1 Å². The van der Waals surface area contributed by atoms with E-state index < -0.39 is 4.92 Å². The number of amides is 1. The highest BCUT2D eigenvalue weighted by molar-refractivity contribution is 5.94. The van der Waals surface area contributed by atoms with Crippen LogP contribution in [0, 0.1) is 17.0 Å². The summed E-state index contributed by atoms with van der Waals surface area (Å²) >= 11 is 0. The average molecular weight is 288 g/mol. The van der Waals surface area contributed by atoms with Crippen LogP contribution in [0.15, 0.2) is 36.5 Å². The number of benzene rings is 1. The average Bonchev–Trinajstić information content (AvgIpc) is 2.89. The first-order valence-electron chi connectivity index (χ1n) is 6.59. The molecule has 0 fully saturated rings. The van der Waals surface area contributed by atoms with Gasteiger partial charge in [0, 0.05) is 37.0 Å². The molecule has 0 unspecified atom stereocenters. The van der Waals surface area contributed by atoms with E-state index in [2.05, 4.69) is 10.4 Å². The van der Waals surface area contributed by atoms with Crippen LogP contribution in [0.3, 0.4) is 0 Å². The second kappa shape index (κ2) is 6.65. The van der Waals surface area contributed by atoms with Crippen LogP contribution in [0.4, 0.5) is 5.69 Å². The molecule has 0 saturated heterocycles. The molecule has 7 nitrogen and oxygen atoms in total. The fourth-order valence-electron chi connectivity index (χ4n) is 1.89. The molecule has 0 atom stereocenters. The summed E-state index contributed by atoms with van der Waals surface area (Å²) in [5.74, 6) is -0.310. The van der Waals surface area contributed by atoms with Gasteiger partial charge in [0.2, 0.25) is 0 Å². The molecular weight excluding hydrogens is 272 g/mol. The minimum Gasteiger partial charge on any atom is -0.352 e. The zero-order chi connectivity index (χ0) is 15.2. The highest BCUT2D eigenvalue weighted by atomic mass is 16.6. The number of carbonyl (C=O) groups is 1. The summed E-state index contributed by atoms with van der Waals surface area (Å²) in [6.45, 7) is 3.12. The molecule has 0 aliphatic rings. The summed E-state index contributed by atoms with van der Waals surface area (Å²) in [4.78, 5) is 22.0. The summed E-state index contributed by atoms with van der Waals surface area (Å²) in [6, 6.07) is 7.60. The first-order chi connectivity index (χ1) is 10.1. The van der Waals surface area contributed by atoms with Gasteiger partial charge in [-0.25, -0.2) is 0 Å². The third-order valence-electron chi connectivity index (χ3n) is 2.94. The fraction of sp³-hybridized carbons (Fsp3) is 0.286. The second-order valence-electron chi connectivity index (χ2n) is 4.64. The maximum atomic E-state index is 11.9. The molecule has 0 saturated carbocycles. The quantitative estimate of drug-likeness (QED) is 0.499. The predicted molar refractivity (Wildman–Crippen MR) is 77.0 cm³/mol. The molecule has 1 aromatic carbocycles. The Morgan fingerprint density at radius 1 is 1.43 bits per heavy atom. The molecule has 1 heterocycles. The minimum absolute atomic E-state index is 0.0883. The van der Waals surface area contributed by atoms with Crippen LogP contribution >= 0.6 is 0 Å². The van der Waals surface area contributed by atoms with Gasteiger partial charge in [-0.15, -0.1) is 0 Å². The Morgan fingerprint density at radius 2 is 2.24 bits per heavy atom.